The predicted molar refractivity (Wildman–Crippen MR) is 148 cm³/mol. The van der Waals surface area contributed by atoms with Crippen molar-refractivity contribution in [2.75, 3.05) is 11.9 Å². The highest BCUT2D eigenvalue weighted by atomic mass is 79.9. The van der Waals surface area contributed by atoms with Crippen molar-refractivity contribution in [2.45, 2.75) is 49.8 Å². The Kier molecular flexibility index (Phi) is 7.63. The van der Waals surface area contributed by atoms with Crippen LogP contribution in [0.25, 0.3) is 16.9 Å². The summed E-state index contributed by atoms with van der Waals surface area (Å²) in [5.74, 6) is 2.36. The van der Waals surface area contributed by atoms with Crippen LogP contribution >= 0.6 is 28.6 Å². The zero-order chi connectivity index (χ0) is 24.2. The topological polar surface area (TPSA) is 62.5 Å². The lowest BCUT2D eigenvalue weighted by Gasteiger charge is -2.27. The molecule has 2 unspecified atom stereocenters. The minimum atomic E-state index is 0.221. The Balaban J connectivity index is 1.36. The van der Waals surface area contributed by atoms with E-state index in [1.165, 1.54) is 44.1 Å². The summed E-state index contributed by atoms with van der Waals surface area (Å²) in [5.41, 5.74) is 3.52. The van der Waals surface area contributed by atoms with E-state index in [0.29, 0.717) is 17.4 Å². The predicted octanol–water partition coefficient (Wildman–Crippen LogP) is 7.39. The van der Waals surface area contributed by atoms with Gasteiger partial charge in [-0.3, -0.25) is 0 Å². The van der Waals surface area contributed by atoms with E-state index in [1.807, 2.05) is 28.8 Å². The first-order valence-corrected chi connectivity index (χ1v) is 13.7. The number of hydrogen-bond donors (Lipinski definition) is 3. The van der Waals surface area contributed by atoms with Crippen molar-refractivity contribution in [3.8, 4) is 17.0 Å². The van der Waals surface area contributed by atoms with Gasteiger partial charge in [-0.25, -0.2) is 4.98 Å². The van der Waals surface area contributed by atoms with E-state index in [-0.39, 0.29) is 5.75 Å². The fourth-order valence-electron chi connectivity index (χ4n) is 5.25. The first kappa shape index (κ1) is 24.2. The average Bonchev–Trinajstić information content (AvgIpc) is 3.22. The minimum Gasteiger partial charge on any atom is -0.507 e. The molecule has 5 nitrogen and oxygen atoms in total. The summed E-state index contributed by atoms with van der Waals surface area (Å²) in [6.07, 6.45) is 10.5. The van der Waals surface area contributed by atoms with Crippen LogP contribution in [0.4, 0.5) is 5.82 Å². The van der Waals surface area contributed by atoms with E-state index in [9.17, 15) is 5.11 Å². The van der Waals surface area contributed by atoms with Crippen LogP contribution in [0.3, 0.4) is 0 Å². The SMILES string of the molecule is Oc1ccccc1-c1cc(NCC2CCCCCC(Cc3ccccc3S)C2)n2ncc(Br)c2n1. The summed E-state index contributed by atoms with van der Waals surface area (Å²) < 4.78 is 2.67. The van der Waals surface area contributed by atoms with Gasteiger partial charge in [0.15, 0.2) is 5.65 Å². The van der Waals surface area contributed by atoms with Crippen molar-refractivity contribution >= 4 is 40.0 Å². The Labute approximate surface area is 220 Å². The minimum absolute atomic E-state index is 0.221. The number of anilines is 1. The third-order valence-corrected chi connectivity index (χ3v) is 8.07. The molecule has 0 bridgehead atoms. The highest BCUT2D eigenvalue weighted by Crippen LogP contribution is 2.33. The number of hydrogen-bond acceptors (Lipinski definition) is 5. The molecule has 5 rings (SSSR count). The molecule has 2 atom stereocenters. The van der Waals surface area contributed by atoms with Gasteiger partial charge in [0, 0.05) is 23.1 Å². The Morgan fingerprint density at radius 2 is 1.80 bits per heavy atom. The number of nitrogens with one attached hydrogen (secondary N) is 1. The molecule has 1 saturated carbocycles. The smallest absolute Gasteiger partial charge is 0.172 e. The van der Waals surface area contributed by atoms with E-state index >= 15 is 0 Å². The second-order valence-electron chi connectivity index (χ2n) is 9.59. The summed E-state index contributed by atoms with van der Waals surface area (Å²) in [4.78, 5) is 5.86. The molecule has 0 aliphatic heterocycles. The summed E-state index contributed by atoms with van der Waals surface area (Å²) in [5, 5.41) is 18.6. The maximum absolute atomic E-state index is 10.4. The molecule has 182 valence electrons. The first-order chi connectivity index (χ1) is 17.1. The van der Waals surface area contributed by atoms with Gasteiger partial charge in [-0.2, -0.15) is 9.61 Å². The van der Waals surface area contributed by atoms with Crippen molar-refractivity contribution in [3.05, 3.63) is 70.8 Å². The molecular formula is C28H31BrN4OS. The van der Waals surface area contributed by atoms with Gasteiger partial charge in [0.05, 0.1) is 16.4 Å². The van der Waals surface area contributed by atoms with Crippen molar-refractivity contribution in [1.82, 2.24) is 14.6 Å². The molecule has 1 aliphatic rings. The normalized spacial score (nSPS) is 18.8. The molecule has 7 heteroatoms. The molecule has 4 aromatic rings. The molecule has 35 heavy (non-hydrogen) atoms. The van der Waals surface area contributed by atoms with Gasteiger partial charge in [0.1, 0.15) is 11.6 Å². The highest BCUT2D eigenvalue weighted by Gasteiger charge is 2.21. The van der Waals surface area contributed by atoms with Crippen molar-refractivity contribution in [2.24, 2.45) is 11.8 Å². The lowest BCUT2D eigenvalue weighted by Crippen LogP contribution is -2.22. The van der Waals surface area contributed by atoms with Gasteiger partial charge in [-0.05, 0) is 70.8 Å². The lowest BCUT2D eigenvalue weighted by atomic mass is 9.81. The number of para-hydroxylation sites is 1. The van der Waals surface area contributed by atoms with Crippen LogP contribution in [0.5, 0.6) is 5.75 Å². The number of thiol groups is 1. The number of aromatic nitrogens is 3. The zero-order valence-electron chi connectivity index (χ0n) is 19.7. The Hall–Kier alpha value is -2.51. The van der Waals surface area contributed by atoms with Gasteiger partial charge in [0.2, 0.25) is 0 Å². The number of fused-ring (bicyclic) bond motifs is 1. The molecule has 2 heterocycles. The monoisotopic (exact) mass is 550 g/mol. The second kappa shape index (κ2) is 11.0. The Morgan fingerprint density at radius 1 is 1.03 bits per heavy atom. The van der Waals surface area contributed by atoms with Crippen LogP contribution in [0.2, 0.25) is 0 Å². The Bertz CT molecular complexity index is 1310. The largest absolute Gasteiger partial charge is 0.507 e. The van der Waals surface area contributed by atoms with Gasteiger partial charge in [0.25, 0.3) is 0 Å². The first-order valence-electron chi connectivity index (χ1n) is 12.4. The van der Waals surface area contributed by atoms with Crippen LogP contribution in [0.1, 0.15) is 44.1 Å². The van der Waals surface area contributed by atoms with Gasteiger partial charge in [-0.1, -0.05) is 56.0 Å². The van der Waals surface area contributed by atoms with Crippen molar-refractivity contribution in [1.29, 1.82) is 0 Å². The van der Waals surface area contributed by atoms with Gasteiger partial charge < -0.3 is 10.4 Å². The van der Waals surface area contributed by atoms with Crippen LogP contribution < -0.4 is 5.32 Å². The van der Waals surface area contributed by atoms with E-state index in [0.717, 1.165) is 39.5 Å². The molecule has 0 spiro atoms. The van der Waals surface area contributed by atoms with Crippen LogP contribution in [0, 0.1) is 11.8 Å². The maximum Gasteiger partial charge on any atom is 0.172 e. The number of nitrogens with zero attached hydrogens (tertiary/aromatic N) is 3. The number of halogens is 1. The lowest BCUT2D eigenvalue weighted by molar-refractivity contribution is 0.302. The quantitative estimate of drug-likeness (QED) is 0.219. The molecule has 1 aliphatic carbocycles. The summed E-state index contributed by atoms with van der Waals surface area (Å²) in [6, 6.07) is 17.8. The fourth-order valence-corrected chi connectivity index (χ4v) is 5.85. The number of rotatable bonds is 6. The molecule has 2 aromatic carbocycles. The van der Waals surface area contributed by atoms with Crippen molar-refractivity contribution < 1.29 is 5.11 Å². The number of phenolic OH excluding ortho intramolecular Hbond substituents is 1. The summed E-state index contributed by atoms with van der Waals surface area (Å²) >= 11 is 8.27. The fraction of sp³-hybridized carbons (Fsp3) is 0.357. The molecule has 0 radical (unpaired) electrons. The molecule has 1 fully saturated rings. The van der Waals surface area contributed by atoms with Crippen LogP contribution in [-0.2, 0) is 6.42 Å². The van der Waals surface area contributed by atoms with Crippen LogP contribution in [0.15, 0.2) is 70.2 Å². The third-order valence-electron chi connectivity index (χ3n) is 7.07. The van der Waals surface area contributed by atoms with Crippen LogP contribution in [-0.4, -0.2) is 26.2 Å². The molecule has 2 N–H and O–H groups in total. The Morgan fingerprint density at radius 3 is 2.63 bits per heavy atom. The van der Waals surface area contributed by atoms with Gasteiger partial charge >= 0.3 is 0 Å². The zero-order valence-corrected chi connectivity index (χ0v) is 22.2. The second-order valence-corrected chi connectivity index (χ2v) is 10.9. The number of aromatic hydroxyl groups is 1. The van der Waals surface area contributed by atoms with E-state index < -0.39 is 0 Å². The average molecular weight is 552 g/mol. The van der Waals surface area contributed by atoms with E-state index in [4.69, 9.17) is 17.6 Å². The summed E-state index contributed by atoms with van der Waals surface area (Å²) in [7, 11) is 0. The number of phenols is 1. The van der Waals surface area contributed by atoms with E-state index in [2.05, 4.69) is 50.6 Å². The third kappa shape index (κ3) is 5.67. The summed E-state index contributed by atoms with van der Waals surface area (Å²) in [6.45, 7) is 0.885. The molecule has 0 saturated heterocycles. The van der Waals surface area contributed by atoms with E-state index in [1.54, 1.807) is 12.3 Å². The highest BCUT2D eigenvalue weighted by molar-refractivity contribution is 9.10. The molecular weight excluding hydrogens is 520 g/mol. The van der Waals surface area contributed by atoms with Gasteiger partial charge in [-0.15, -0.1) is 12.6 Å². The molecule has 2 aromatic heterocycles. The van der Waals surface area contributed by atoms with Crippen molar-refractivity contribution in [3.63, 3.8) is 0 Å². The number of benzene rings is 2. The molecule has 0 amide bonds. The maximum atomic E-state index is 10.4. The standard InChI is InChI=1S/C28H31BrN4OS/c29-23-18-31-33-27(16-24(32-28(23)33)22-11-5-6-12-25(22)34)30-17-20-9-3-1-2-8-19(14-20)15-21-10-4-7-13-26(21)35/h4-7,10-13,16,18-20,30,34-35H,1-3,8-9,14-15,17H2.